The molecule has 0 spiro atoms. The average molecular weight is 465 g/mol. The van der Waals surface area contributed by atoms with Crippen molar-refractivity contribution in [3.8, 4) is 17.2 Å². The van der Waals surface area contributed by atoms with Gasteiger partial charge in [0.2, 0.25) is 5.95 Å². The lowest BCUT2D eigenvalue weighted by atomic mass is 10.2. The number of nitrogens with one attached hydrogen (secondary N) is 3. The third kappa shape index (κ3) is 3.11. The minimum Gasteiger partial charge on any atom is -0.486 e. The average Bonchev–Trinajstić information content (AvgIpc) is 3.58. The normalized spacial score (nSPS) is 15.1. The van der Waals surface area contributed by atoms with Crippen molar-refractivity contribution in [3.63, 3.8) is 0 Å². The molecule has 1 atom stereocenters. The summed E-state index contributed by atoms with van der Waals surface area (Å²) in [5, 5.41) is 12.4. The van der Waals surface area contributed by atoms with Crippen LogP contribution in [0.4, 0.5) is 5.95 Å². The molecule has 7 rings (SSSR count). The van der Waals surface area contributed by atoms with E-state index in [0.29, 0.717) is 46.8 Å². The topological polar surface area (TPSA) is 123 Å². The van der Waals surface area contributed by atoms with Gasteiger partial charge >= 0.3 is 0 Å². The summed E-state index contributed by atoms with van der Waals surface area (Å²) in [5.41, 5.74) is 2.45. The highest BCUT2D eigenvalue weighted by Crippen LogP contribution is 2.31. The van der Waals surface area contributed by atoms with Gasteiger partial charge in [-0.1, -0.05) is 18.2 Å². The van der Waals surface area contributed by atoms with Crippen molar-refractivity contribution in [2.75, 3.05) is 18.5 Å². The van der Waals surface area contributed by atoms with Crippen LogP contribution in [0.3, 0.4) is 0 Å². The summed E-state index contributed by atoms with van der Waals surface area (Å²) in [5.74, 6) is 1.82. The quantitative estimate of drug-likeness (QED) is 0.365. The smallest absolute Gasteiger partial charge is 0.267 e. The van der Waals surface area contributed by atoms with Gasteiger partial charge in [0.05, 0.1) is 23.0 Å². The van der Waals surface area contributed by atoms with Crippen LogP contribution in [-0.4, -0.2) is 49.0 Å². The fraction of sp³-hybridized carbons (Fsp3) is 0.120. The summed E-state index contributed by atoms with van der Waals surface area (Å²) in [6.07, 6.45) is 4.93. The first-order chi connectivity index (χ1) is 17.3. The van der Waals surface area contributed by atoms with Gasteiger partial charge in [0.1, 0.15) is 18.2 Å². The number of anilines is 1. The standard InChI is InChI=1S/C25H19N7O3/c33-24-17-12-29-31-22(17)16-11-28-25(27-10-14-13-34-20-6-1-2-7-21(20)35-14)30-23(16)32(24)19-5-3-4-18-15(19)8-9-26-18/h1-9,11-12,14,26H,10,13H2,(H,29,31)(H,27,28,30). The maximum absolute atomic E-state index is 13.6. The predicted molar refractivity (Wildman–Crippen MR) is 131 cm³/mol. The number of nitrogens with zero attached hydrogens (tertiary/aromatic N) is 4. The Morgan fingerprint density at radius 1 is 1.06 bits per heavy atom. The lowest BCUT2D eigenvalue weighted by Gasteiger charge is -2.26. The van der Waals surface area contributed by atoms with Gasteiger partial charge in [-0.2, -0.15) is 10.1 Å². The molecule has 0 radical (unpaired) electrons. The molecule has 35 heavy (non-hydrogen) atoms. The summed E-state index contributed by atoms with van der Waals surface area (Å²) in [6.45, 7) is 0.841. The largest absolute Gasteiger partial charge is 0.486 e. The number of aromatic amines is 2. The molecule has 0 bridgehead atoms. The Morgan fingerprint density at radius 2 is 1.97 bits per heavy atom. The molecule has 3 N–H and O–H groups in total. The van der Waals surface area contributed by atoms with Crippen molar-refractivity contribution in [2.45, 2.75) is 6.10 Å². The first kappa shape index (κ1) is 19.6. The monoisotopic (exact) mass is 465 g/mol. The maximum Gasteiger partial charge on any atom is 0.267 e. The number of aromatic nitrogens is 6. The van der Waals surface area contributed by atoms with Crippen LogP contribution >= 0.6 is 0 Å². The Kier molecular flexibility index (Phi) is 4.25. The Balaban J connectivity index is 1.31. The van der Waals surface area contributed by atoms with Crippen LogP contribution in [0.25, 0.3) is 38.5 Å². The molecule has 10 heteroatoms. The Hall–Kier alpha value is -4.86. The molecule has 1 aliphatic heterocycles. The molecule has 10 nitrogen and oxygen atoms in total. The first-order valence-corrected chi connectivity index (χ1v) is 11.2. The zero-order chi connectivity index (χ0) is 23.4. The third-order valence-electron chi connectivity index (χ3n) is 6.18. The number of pyridine rings is 1. The molecule has 0 saturated carbocycles. The number of benzene rings is 2. The lowest BCUT2D eigenvalue weighted by molar-refractivity contribution is 0.0996. The van der Waals surface area contributed by atoms with Gasteiger partial charge in [0.25, 0.3) is 5.56 Å². The van der Waals surface area contributed by atoms with Gasteiger partial charge in [-0.25, -0.2) is 4.98 Å². The molecule has 4 aromatic heterocycles. The van der Waals surface area contributed by atoms with Crippen LogP contribution in [-0.2, 0) is 0 Å². The van der Waals surface area contributed by atoms with Crippen molar-refractivity contribution < 1.29 is 9.47 Å². The van der Waals surface area contributed by atoms with Crippen LogP contribution in [0, 0.1) is 0 Å². The summed E-state index contributed by atoms with van der Waals surface area (Å²) in [6, 6.07) is 15.3. The molecule has 2 aromatic carbocycles. The number of H-pyrrole nitrogens is 2. The van der Waals surface area contributed by atoms with E-state index in [1.807, 2.05) is 54.7 Å². The molecule has 0 amide bonds. The van der Waals surface area contributed by atoms with Crippen molar-refractivity contribution >= 4 is 38.8 Å². The van der Waals surface area contributed by atoms with E-state index >= 15 is 0 Å². The number of rotatable bonds is 4. The fourth-order valence-corrected chi connectivity index (χ4v) is 4.53. The molecule has 172 valence electrons. The van der Waals surface area contributed by atoms with E-state index in [4.69, 9.17) is 14.5 Å². The second kappa shape index (κ2) is 7.59. The molecule has 0 saturated heterocycles. The number of fused-ring (bicyclic) bond motifs is 5. The van der Waals surface area contributed by atoms with Crippen LogP contribution in [0.2, 0.25) is 0 Å². The number of hydrogen-bond donors (Lipinski definition) is 3. The van der Waals surface area contributed by atoms with Crippen molar-refractivity contribution in [1.82, 2.24) is 29.7 Å². The van der Waals surface area contributed by atoms with E-state index in [9.17, 15) is 4.79 Å². The van der Waals surface area contributed by atoms with Crippen molar-refractivity contribution in [3.05, 3.63) is 77.5 Å². The highest BCUT2D eigenvalue weighted by Gasteiger charge is 2.22. The Morgan fingerprint density at radius 3 is 2.91 bits per heavy atom. The van der Waals surface area contributed by atoms with Crippen molar-refractivity contribution in [2.24, 2.45) is 0 Å². The second-order valence-electron chi connectivity index (χ2n) is 8.31. The number of hydrogen-bond acceptors (Lipinski definition) is 7. The van der Waals surface area contributed by atoms with E-state index in [1.54, 1.807) is 17.0 Å². The van der Waals surface area contributed by atoms with Gasteiger partial charge in [-0.3, -0.25) is 14.5 Å². The van der Waals surface area contributed by atoms with E-state index in [0.717, 1.165) is 22.3 Å². The second-order valence-corrected chi connectivity index (χ2v) is 8.31. The number of ether oxygens (including phenoxy) is 2. The first-order valence-electron chi connectivity index (χ1n) is 11.2. The molecular formula is C25H19N7O3. The van der Waals surface area contributed by atoms with Crippen LogP contribution < -0.4 is 20.3 Å². The molecular weight excluding hydrogens is 446 g/mol. The van der Waals surface area contributed by atoms with E-state index in [-0.39, 0.29) is 11.7 Å². The van der Waals surface area contributed by atoms with Crippen molar-refractivity contribution in [1.29, 1.82) is 0 Å². The van der Waals surface area contributed by atoms with E-state index in [2.05, 4.69) is 25.5 Å². The van der Waals surface area contributed by atoms with Gasteiger partial charge in [-0.15, -0.1) is 0 Å². The van der Waals surface area contributed by atoms with Crippen LogP contribution in [0.5, 0.6) is 11.5 Å². The molecule has 0 fully saturated rings. The maximum atomic E-state index is 13.6. The van der Waals surface area contributed by atoms with Crippen LogP contribution in [0.1, 0.15) is 0 Å². The minimum atomic E-state index is -0.214. The Labute approximate surface area is 197 Å². The summed E-state index contributed by atoms with van der Waals surface area (Å²) >= 11 is 0. The van der Waals surface area contributed by atoms with E-state index in [1.165, 1.54) is 0 Å². The van der Waals surface area contributed by atoms with Crippen LogP contribution in [0.15, 0.2) is 71.9 Å². The lowest BCUT2D eigenvalue weighted by Crippen LogP contribution is -2.35. The fourth-order valence-electron chi connectivity index (χ4n) is 4.53. The minimum absolute atomic E-state index is 0.208. The zero-order valence-corrected chi connectivity index (χ0v) is 18.4. The van der Waals surface area contributed by atoms with Gasteiger partial charge in [-0.05, 0) is 30.3 Å². The Bertz CT molecular complexity index is 1790. The number of para-hydroxylation sites is 2. The molecule has 1 unspecified atom stereocenters. The highest BCUT2D eigenvalue weighted by molar-refractivity contribution is 6.03. The van der Waals surface area contributed by atoms with E-state index < -0.39 is 0 Å². The SMILES string of the molecule is O=c1c2c[nH]nc2c2cnc(NCC3COc4ccccc4O3)nc2n1-c1cccc2[nH]ccc12. The highest BCUT2D eigenvalue weighted by atomic mass is 16.6. The molecule has 0 aliphatic carbocycles. The van der Waals surface area contributed by atoms with Gasteiger partial charge in [0.15, 0.2) is 17.1 Å². The van der Waals surface area contributed by atoms with Gasteiger partial charge in [0, 0.05) is 29.5 Å². The predicted octanol–water partition coefficient (Wildman–Crippen LogP) is 3.39. The summed E-state index contributed by atoms with van der Waals surface area (Å²) < 4.78 is 13.4. The van der Waals surface area contributed by atoms with Gasteiger partial charge < -0.3 is 19.8 Å². The third-order valence-corrected chi connectivity index (χ3v) is 6.18. The molecule has 1 aliphatic rings. The molecule has 5 heterocycles. The molecule has 6 aromatic rings. The zero-order valence-electron chi connectivity index (χ0n) is 18.4. The summed E-state index contributed by atoms with van der Waals surface area (Å²) in [7, 11) is 0. The summed E-state index contributed by atoms with van der Waals surface area (Å²) in [4.78, 5) is 26.0.